The summed E-state index contributed by atoms with van der Waals surface area (Å²) < 4.78 is 1.92. The molecule has 0 aliphatic rings. The number of aryl methyl sites for hydroxylation is 1. The molecule has 0 amide bonds. The number of nitrogens with zero attached hydrogens (tertiary/aromatic N) is 1. The van der Waals surface area contributed by atoms with E-state index in [1.165, 1.54) is 0 Å². The second kappa shape index (κ2) is 3.60. The van der Waals surface area contributed by atoms with Crippen LogP contribution < -0.4 is 5.10 Å². The second-order valence-electron chi connectivity index (χ2n) is 4.98. The standard InChI is InChI=1S/C15H11N3O2/c1-8-6-9-2-3-10(15(19)20)14-13(9)11(7-8)18-12(17-14)4-5-16-18/h2-7,17H,1H3,(H,19,20)/p+1. The smallest absolute Gasteiger partial charge is 0.337 e. The number of carbonyl (C=O) groups is 1. The largest absolute Gasteiger partial charge is 0.478 e. The van der Waals surface area contributed by atoms with E-state index in [-0.39, 0.29) is 5.56 Å². The molecule has 0 saturated heterocycles. The van der Waals surface area contributed by atoms with E-state index in [0.717, 1.165) is 27.5 Å². The molecule has 0 bridgehead atoms. The van der Waals surface area contributed by atoms with Crippen LogP contribution in [0.5, 0.6) is 0 Å². The molecular weight excluding hydrogens is 254 g/mol. The van der Waals surface area contributed by atoms with Gasteiger partial charge in [-0.15, -0.1) is 9.61 Å². The van der Waals surface area contributed by atoms with Gasteiger partial charge in [0, 0.05) is 5.39 Å². The maximum Gasteiger partial charge on any atom is 0.337 e. The molecule has 0 saturated carbocycles. The molecule has 4 aromatic rings. The lowest BCUT2D eigenvalue weighted by Crippen LogP contribution is -2.12. The molecule has 0 unspecified atom stereocenters. The van der Waals surface area contributed by atoms with Crippen molar-refractivity contribution < 1.29 is 15.0 Å². The molecule has 0 spiro atoms. The fourth-order valence-corrected chi connectivity index (χ4v) is 2.83. The second-order valence-corrected chi connectivity index (χ2v) is 4.98. The van der Waals surface area contributed by atoms with Gasteiger partial charge in [-0.2, -0.15) is 0 Å². The van der Waals surface area contributed by atoms with E-state index in [1.54, 1.807) is 6.07 Å². The quantitative estimate of drug-likeness (QED) is 0.555. The molecule has 2 heterocycles. The lowest BCUT2D eigenvalue weighted by molar-refractivity contribution is -0.461. The molecule has 0 aliphatic carbocycles. The molecular formula is C15H12N3O2+. The zero-order chi connectivity index (χ0) is 13.9. The Bertz CT molecular complexity index is 995. The van der Waals surface area contributed by atoms with Crippen molar-refractivity contribution in [2.75, 3.05) is 0 Å². The van der Waals surface area contributed by atoms with Crippen molar-refractivity contribution in [1.29, 1.82) is 0 Å². The van der Waals surface area contributed by atoms with Crippen LogP contribution in [-0.2, 0) is 0 Å². The summed E-state index contributed by atoms with van der Waals surface area (Å²) in [6, 6.07) is 9.51. The van der Waals surface area contributed by atoms with Gasteiger partial charge in [-0.25, -0.2) is 4.79 Å². The summed E-state index contributed by atoms with van der Waals surface area (Å²) >= 11 is 0. The maximum atomic E-state index is 11.4. The Morgan fingerprint density at radius 2 is 2.15 bits per heavy atom. The first-order valence-corrected chi connectivity index (χ1v) is 6.32. The lowest BCUT2D eigenvalue weighted by atomic mass is 10.0. The van der Waals surface area contributed by atoms with Gasteiger partial charge in [0.05, 0.1) is 17.1 Å². The van der Waals surface area contributed by atoms with Crippen molar-refractivity contribution in [3.63, 3.8) is 0 Å². The molecule has 0 atom stereocenters. The lowest BCUT2D eigenvalue weighted by Gasteiger charge is -2.09. The minimum atomic E-state index is -0.926. The molecule has 0 fully saturated rings. The van der Waals surface area contributed by atoms with Crippen LogP contribution in [0, 0.1) is 6.92 Å². The van der Waals surface area contributed by atoms with E-state index in [2.05, 4.69) is 22.2 Å². The topological polar surface area (TPSA) is 71.6 Å². The Morgan fingerprint density at radius 1 is 1.30 bits per heavy atom. The zero-order valence-electron chi connectivity index (χ0n) is 10.8. The van der Waals surface area contributed by atoms with Gasteiger partial charge in [-0.1, -0.05) is 12.1 Å². The first-order valence-electron chi connectivity index (χ1n) is 6.32. The fourth-order valence-electron chi connectivity index (χ4n) is 2.83. The number of carboxylic acids is 1. The highest BCUT2D eigenvalue weighted by molar-refractivity contribution is 6.14. The SMILES string of the molecule is Cc1cc2ccc(C(=O)O)c3[nH]c4cc[nH+]n4c(c1)c23. The number of aromatic carboxylic acids is 1. The summed E-state index contributed by atoms with van der Waals surface area (Å²) in [7, 11) is 0. The minimum absolute atomic E-state index is 0.287. The normalized spacial score (nSPS) is 11.7. The van der Waals surface area contributed by atoms with Crippen LogP contribution in [0.15, 0.2) is 36.5 Å². The van der Waals surface area contributed by atoms with E-state index in [0.29, 0.717) is 5.52 Å². The highest BCUT2D eigenvalue weighted by Crippen LogP contribution is 2.29. The molecule has 3 N–H and O–H groups in total. The van der Waals surface area contributed by atoms with Gasteiger partial charge in [-0.05, 0) is 30.0 Å². The van der Waals surface area contributed by atoms with Crippen LogP contribution in [0.3, 0.4) is 0 Å². The number of hydrogen-bond donors (Lipinski definition) is 2. The third-order valence-electron chi connectivity index (χ3n) is 3.65. The van der Waals surface area contributed by atoms with Crippen molar-refractivity contribution in [3.05, 3.63) is 47.7 Å². The van der Waals surface area contributed by atoms with E-state index >= 15 is 0 Å². The first-order chi connectivity index (χ1) is 9.65. The van der Waals surface area contributed by atoms with E-state index in [9.17, 15) is 9.90 Å². The molecule has 5 nitrogen and oxygen atoms in total. The Labute approximate surface area is 113 Å². The van der Waals surface area contributed by atoms with Crippen LogP contribution in [0.1, 0.15) is 15.9 Å². The van der Waals surface area contributed by atoms with Gasteiger partial charge < -0.3 is 10.1 Å². The molecule has 2 aromatic heterocycles. The molecule has 20 heavy (non-hydrogen) atoms. The number of H-pyrrole nitrogens is 2. The van der Waals surface area contributed by atoms with Crippen molar-refractivity contribution >= 4 is 33.4 Å². The van der Waals surface area contributed by atoms with Crippen LogP contribution in [-0.4, -0.2) is 20.6 Å². The number of nitrogens with one attached hydrogen (secondary N) is 2. The fraction of sp³-hybridized carbons (Fsp3) is 0.0667. The van der Waals surface area contributed by atoms with Gasteiger partial charge >= 0.3 is 5.97 Å². The van der Waals surface area contributed by atoms with Gasteiger partial charge in [0.2, 0.25) is 0 Å². The van der Waals surface area contributed by atoms with Gasteiger partial charge in [0.15, 0.2) is 11.8 Å². The number of benzene rings is 2. The third kappa shape index (κ3) is 1.31. The van der Waals surface area contributed by atoms with E-state index in [4.69, 9.17) is 0 Å². The Hall–Kier alpha value is -2.82. The summed E-state index contributed by atoms with van der Waals surface area (Å²) in [5, 5.41) is 14.5. The highest BCUT2D eigenvalue weighted by Gasteiger charge is 2.16. The Balaban J connectivity index is 2.39. The minimum Gasteiger partial charge on any atom is -0.478 e. The predicted octanol–water partition coefficient (Wildman–Crippen LogP) is 2.39. The van der Waals surface area contributed by atoms with Gasteiger partial charge in [-0.3, -0.25) is 0 Å². The van der Waals surface area contributed by atoms with Crippen LogP contribution in [0.4, 0.5) is 0 Å². The van der Waals surface area contributed by atoms with Crippen molar-refractivity contribution in [3.8, 4) is 0 Å². The zero-order valence-corrected chi connectivity index (χ0v) is 10.8. The molecule has 4 rings (SSSR count). The van der Waals surface area contributed by atoms with Crippen molar-refractivity contribution in [2.45, 2.75) is 6.92 Å². The number of aromatic amines is 2. The van der Waals surface area contributed by atoms with Crippen molar-refractivity contribution in [2.24, 2.45) is 0 Å². The number of carboxylic acid groups (broad SMARTS) is 1. The number of rotatable bonds is 1. The summed E-state index contributed by atoms with van der Waals surface area (Å²) in [5.74, 6) is -0.926. The number of fused-ring (bicyclic) bond motifs is 2. The molecule has 5 heteroatoms. The summed E-state index contributed by atoms with van der Waals surface area (Å²) in [5.41, 5.74) is 3.88. The average Bonchev–Trinajstić information content (AvgIpc) is 2.86. The predicted molar refractivity (Wildman–Crippen MR) is 75.0 cm³/mol. The molecule has 0 aliphatic heterocycles. The average molecular weight is 266 g/mol. The summed E-state index contributed by atoms with van der Waals surface area (Å²) in [6.07, 6.45) is 1.82. The monoisotopic (exact) mass is 266 g/mol. The Morgan fingerprint density at radius 3 is 2.95 bits per heavy atom. The van der Waals surface area contributed by atoms with Crippen molar-refractivity contribution in [1.82, 2.24) is 9.50 Å². The van der Waals surface area contributed by atoms with Gasteiger partial charge in [0.25, 0.3) is 0 Å². The molecule has 2 aromatic carbocycles. The first kappa shape index (κ1) is 11.0. The summed E-state index contributed by atoms with van der Waals surface area (Å²) in [6.45, 7) is 2.03. The van der Waals surface area contributed by atoms with Crippen LogP contribution in [0.2, 0.25) is 0 Å². The van der Waals surface area contributed by atoms with E-state index < -0.39 is 5.97 Å². The Kier molecular flexibility index (Phi) is 1.99. The number of hydrogen-bond acceptors (Lipinski definition) is 1. The van der Waals surface area contributed by atoms with Crippen LogP contribution in [0.25, 0.3) is 27.5 Å². The third-order valence-corrected chi connectivity index (χ3v) is 3.65. The molecule has 98 valence electrons. The van der Waals surface area contributed by atoms with Gasteiger partial charge in [0.1, 0.15) is 5.52 Å². The number of aromatic nitrogens is 3. The maximum absolute atomic E-state index is 11.4. The van der Waals surface area contributed by atoms with Crippen LogP contribution >= 0.6 is 0 Å². The molecule has 0 radical (unpaired) electrons. The van der Waals surface area contributed by atoms with E-state index in [1.807, 2.05) is 29.8 Å². The summed E-state index contributed by atoms with van der Waals surface area (Å²) in [4.78, 5) is 14.6. The highest BCUT2D eigenvalue weighted by atomic mass is 16.4.